The number of anilines is 2. The van der Waals surface area contributed by atoms with Gasteiger partial charge in [0.1, 0.15) is 5.75 Å². The van der Waals surface area contributed by atoms with Crippen LogP contribution < -0.4 is 15.0 Å². The van der Waals surface area contributed by atoms with Crippen LogP contribution >= 0.6 is 0 Å². The van der Waals surface area contributed by atoms with Crippen molar-refractivity contribution in [3.63, 3.8) is 0 Å². The number of nitrogens with one attached hydrogen (secondary N) is 1. The van der Waals surface area contributed by atoms with Crippen LogP contribution in [0.25, 0.3) is 0 Å². The Balaban J connectivity index is 1.57. The number of carbonyl (C=O) groups excluding carboxylic acids is 1. The van der Waals surface area contributed by atoms with Gasteiger partial charge in [0.25, 0.3) is 0 Å². The summed E-state index contributed by atoms with van der Waals surface area (Å²) < 4.78 is 34.1. The predicted octanol–water partition coefficient (Wildman–Crippen LogP) is 4.10. The van der Waals surface area contributed by atoms with Gasteiger partial charge in [-0.15, -0.1) is 0 Å². The van der Waals surface area contributed by atoms with Crippen molar-refractivity contribution >= 4 is 17.4 Å². The van der Waals surface area contributed by atoms with Gasteiger partial charge in [-0.05, 0) is 48.4 Å². The summed E-state index contributed by atoms with van der Waals surface area (Å²) in [6, 6.07) is 11.9. The third kappa shape index (κ3) is 5.80. The Labute approximate surface area is 169 Å². The molecule has 156 valence electrons. The maximum absolute atomic E-state index is 12.5. The van der Waals surface area contributed by atoms with E-state index in [2.05, 4.69) is 21.0 Å². The van der Waals surface area contributed by atoms with E-state index >= 15 is 0 Å². The summed E-state index contributed by atoms with van der Waals surface area (Å²) in [7, 11) is 1.68. The Bertz CT molecular complexity index is 824. The molecule has 2 aromatic rings. The zero-order valence-electron chi connectivity index (χ0n) is 16.5. The fraction of sp³-hybridized carbons (Fsp3) is 0.381. The third-order valence-corrected chi connectivity index (χ3v) is 4.74. The zero-order chi connectivity index (χ0) is 20.8. The normalized spacial score (nSPS) is 14.0. The van der Waals surface area contributed by atoms with Gasteiger partial charge in [0, 0.05) is 38.1 Å². The smallest absolute Gasteiger partial charge is 0.387 e. The number of hydrogen-bond donors (Lipinski definition) is 1. The molecule has 0 saturated carbocycles. The lowest BCUT2D eigenvalue weighted by Crippen LogP contribution is -2.36. The first-order valence-electron chi connectivity index (χ1n) is 9.41. The van der Waals surface area contributed by atoms with Gasteiger partial charge in [-0.3, -0.25) is 0 Å². The number of hydrogen-bond acceptors (Lipinski definition) is 4. The first-order chi connectivity index (χ1) is 13.9. The molecule has 0 spiro atoms. The molecule has 0 unspecified atom stereocenters. The van der Waals surface area contributed by atoms with Crippen molar-refractivity contribution in [2.45, 2.75) is 20.1 Å². The Morgan fingerprint density at radius 1 is 1.21 bits per heavy atom. The van der Waals surface area contributed by atoms with Crippen molar-refractivity contribution in [3.05, 3.63) is 53.6 Å². The standard InChI is InChI=1S/C21H25F2N3O3/c1-15-13-17(26-9-11-28-12-10-26)5-8-19(15)24-21(27)25(2)14-16-3-6-18(7-4-16)29-20(22)23/h3-8,13,20H,9-12,14H2,1-2H3,(H,24,27). The molecule has 1 aliphatic rings. The number of rotatable bonds is 6. The molecule has 0 atom stereocenters. The molecule has 1 heterocycles. The van der Waals surface area contributed by atoms with Crippen LogP contribution in [0.3, 0.4) is 0 Å². The lowest BCUT2D eigenvalue weighted by molar-refractivity contribution is -0.0498. The van der Waals surface area contributed by atoms with Gasteiger partial charge in [0.2, 0.25) is 0 Å². The van der Waals surface area contributed by atoms with Crippen molar-refractivity contribution in [2.24, 2.45) is 0 Å². The summed E-state index contributed by atoms with van der Waals surface area (Å²) in [5, 5.41) is 2.92. The molecule has 0 aliphatic carbocycles. The summed E-state index contributed by atoms with van der Waals surface area (Å²) >= 11 is 0. The quantitative estimate of drug-likeness (QED) is 0.786. The van der Waals surface area contributed by atoms with E-state index in [0.717, 1.165) is 48.8 Å². The molecule has 1 fully saturated rings. The Hall–Kier alpha value is -2.87. The molecule has 1 N–H and O–H groups in total. The topological polar surface area (TPSA) is 54.0 Å². The number of ether oxygens (including phenoxy) is 2. The molecule has 8 heteroatoms. The SMILES string of the molecule is Cc1cc(N2CCOCC2)ccc1NC(=O)N(C)Cc1ccc(OC(F)F)cc1. The van der Waals surface area contributed by atoms with Gasteiger partial charge in [0.05, 0.1) is 13.2 Å². The average Bonchev–Trinajstić information content (AvgIpc) is 2.71. The lowest BCUT2D eigenvalue weighted by atomic mass is 10.1. The predicted molar refractivity (Wildman–Crippen MR) is 108 cm³/mol. The lowest BCUT2D eigenvalue weighted by Gasteiger charge is -2.29. The van der Waals surface area contributed by atoms with Crippen LogP contribution in [0.1, 0.15) is 11.1 Å². The molecular weight excluding hydrogens is 380 g/mol. The molecule has 2 aromatic carbocycles. The van der Waals surface area contributed by atoms with Gasteiger partial charge in [-0.25, -0.2) is 4.79 Å². The molecule has 0 aromatic heterocycles. The molecule has 29 heavy (non-hydrogen) atoms. The largest absolute Gasteiger partial charge is 0.435 e. The number of carbonyl (C=O) groups is 1. The van der Waals surface area contributed by atoms with E-state index in [1.54, 1.807) is 19.2 Å². The van der Waals surface area contributed by atoms with E-state index in [4.69, 9.17) is 4.74 Å². The number of morpholine rings is 1. The molecule has 6 nitrogen and oxygen atoms in total. The number of aryl methyl sites for hydroxylation is 1. The second-order valence-corrected chi connectivity index (χ2v) is 6.91. The highest BCUT2D eigenvalue weighted by Gasteiger charge is 2.14. The Morgan fingerprint density at radius 3 is 2.52 bits per heavy atom. The number of nitrogens with zero attached hydrogens (tertiary/aromatic N) is 2. The highest BCUT2D eigenvalue weighted by atomic mass is 19.3. The Morgan fingerprint density at radius 2 is 1.90 bits per heavy atom. The summed E-state index contributed by atoms with van der Waals surface area (Å²) in [4.78, 5) is 16.3. The number of amides is 2. The fourth-order valence-corrected chi connectivity index (χ4v) is 3.14. The van der Waals surface area contributed by atoms with E-state index < -0.39 is 6.61 Å². The van der Waals surface area contributed by atoms with Crippen molar-refractivity contribution < 1.29 is 23.0 Å². The highest BCUT2D eigenvalue weighted by molar-refractivity contribution is 5.90. The monoisotopic (exact) mass is 405 g/mol. The van der Waals surface area contributed by atoms with Crippen LogP contribution in [0, 0.1) is 6.92 Å². The minimum atomic E-state index is -2.85. The average molecular weight is 405 g/mol. The van der Waals surface area contributed by atoms with E-state index in [-0.39, 0.29) is 11.8 Å². The zero-order valence-corrected chi connectivity index (χ0v) is 16.5. The van der Waals surface area contributed by atoms with Crippen LogP contribution in [0.15, 0.2) is 42.5 Å². The van der Waals surface area contributed by atoms with Crippen LogP contribution in [-0.4, -0.2) is 50.9 Å². The summed E-state index contributed by atoms with van der Waals surface area (Å²) in [5.74, 6) is 0.0897. The summed E-state index contributed by atoms with van der Waals surface area (Å²) in [5.41, 5.74) is 3.65. The Kier molecular flexibility index (Phi) is 6.87. The first-order valence-corrected chi connectivity index (χ1v) is 9.41. The van der Waals surface area contributed by atoms with E-state index in [1.807, 2.05) is 19.1 Å². The van der Waals surface area contributed by atoms with Gasteiger partial charge >= 0.3 is 12.6 Å². The second kappa shape index (κ2) is 9.56. The molecular formula is C21H25F2N3O3. The first kappa shape index (κ1) is 20.9. The fourth-order valence-electron chi connectivity index (χ4n) is 3.14. The van der Waals surface area contributed by atoms with Crippen molar-refractivity contribution in [1.82, 2.24) is 4.90 Å². The van der Waals surface area contributed by atoms with E-state index in [1.165, 1.54) is 17.0 Å². The van der Waals surface area contributed by atoms with Gasteiger partial charge in [-0.1, -0.05) is 12.1 Å². The van der Waals surface area contributed by atoms with Crippen LogP contribution in [-0.2, 0) is 11.3 Å². The third-order valence-electron chi connectivity index (χ3n) is 4.74. The second-order valence-electron chi connectivity index (χ2n) is 6.91. The van der Waals surface area contributed by atoms with Crippen LogP contribution in [0.2, 0.25) is 0 Å². The number of alkyl halides is 2. The summed E-state index contributed by atoms with van der Waals surface area (Å²) in [6.45, 7) is 2.60. The molecule has 3 rings (SSSR count). The van der Waals surface area contributed by atoms with E-state index in [0.29, 0.717) is 6.54 Å². The molecule has 1 aliphatic heterocycles. The van der Waals surface area contributed by atoms with Gasteiger partial charge in [-0.2, -0.15) is 8.78 Å². The molecule has 2 amide bonds. The van der Waals surface area contributed by atoms with Crippen LogP contribution in [0.4, 0.5) is 25.0 Å². The van der Waals surface area contributed by atoms with Crippen molar-refractivity contribution in [2.75, 3.05) is 43.6 Å². The summed E-state index contributed by atoms with van der Waals surface area (Å²) in [6.07, 6.45) is 0. The molecule has 0 radical (unpaired) electrons. The minimum Gasteiger partial charge on any atom is -0.435 e. The number of benzene rings is 2. The van der Waals surface area contributed by atoms with E-state index in [9.17, 15) is 13.6 Å². The van der Waals surface area contributed by atoms with Crippen molar-refractivity contribution in [1.29, 1.82) is 0 Å². The maximum Gasteiger partial charge on any atom is 0.387 e. The minimum absolute atomic E-state index is 0.0897. The van der Waals surface area contributed by atoms with Crippen molar-refractivity contribution in [3.8, 4) is 5.75 Å². The number of halogens is 2. The highest BCUT2D eigenvalue weighted by Crippen LogP contribution is 2.24. The molecule has 1 saturated heterocycles. The van der Waals surface area contributed by atoms with Crippen LogP contribution in [0.5, 0.6) is 5.75 Å². The molecule has 0 bridgehead atoms. The number of urea groups is 1. The van der Waals surface area contributed by atoms with Gasteiger partial charge in [0.15, 0.2) is 0 Å². The van der Waals surface area contributed by atoms with Gasteiger partial charge < -0.3 is 24.6 Å². The maximum atomic E-state index is 12.5.